The van der Waals surface area contributed by atoms with Crippen LogP contribution in [0.5, 0.6) is 0 Å². The molecular formula is C28H46O5. The van der Waals surface area contributed by atoms with Crippen molar-refractivity contribution in [2.45, 2.75) is 104 Å². The standard InChI is InChI=1S/C28H46O5/c1-15(2)16(3)6-7-17(4)21-10-11-22-20-9-8-18-12-19(29)13-24(31)27(18,5)25(20)23(30)14-28(21,22)26(32)33/h8,15-17,19-25,29-31H,6-7,9-14H2,1-5H3,(H,32,33)/t16?,17-,19-,20+,21-,22+,23-,24+,25-,27-,28+/m1/s1. The van der Waals surface area contributed by atoms with E-state index in [-0.39, 0.29) is 23.7 Å². The van der Waals surface area contributed by atoms with E-state index in [1.807, 2.05) is 6.92 Å². The monoisotopic (exact) mass is 462 g/mol. The quantitative estimate of drug-likeness (QED) is 0.431. The molecule has 188 valence electrons. The van der Waals surface area contributed by atoms with Crippen molar-refractivity contribution in [3.8, 4) is 0 Å². The number of rotatable bonds is 6. The molecule has 0 aromatic heterocycles. The third kappa shape index (κ3) is 3.81. The zero-order valence-corrected chi connectivity index (χ0v) is 21.2. The molecular weight excluding hydrogens is 416 g/mol. The van der Waals surface area contributed by atoms with Crippen molar-refractivity contribution in [3.05, 3.63) is 11.6 Å². The summed E-state index contributed by atoms with van der Waals surface area (Å²) in [6.07, 6.45) is 6.04. The van der Waals surface area contributed by atoms with Gasteiger partial charge in [0.25, 0.3) is 0 Å². The lowest BCUT2D eigenvalue weighted by atomic mass is 9.45. The minimum Gasteiger partial charge on any atom is -0.481 e. The van der Waals surface area contributed by atoms with Crippen LogP contribution < -0.4 is 0 Å². The van der Waals surface area contributed by atoms with Crippen LogP contribution in [-0.2, 0) is 4.79 Å². The summed E-state index contributed by atoms with van der Waals surface area (Å²) in [4.78, 5) is 13.0. The van der Waals surface area contributed by atoms with Gasteiger partial charge in [-0.05, 0) is 73.5 Å². The highest BCUT2D eigenvalue weighted by molar-refractivity contribution is 5.76. The average Bonchev–Trinajstić information content (AvgIpc) is 3.13. The van der Waals surface area contributed by atoms with E-state index in [2.05, 4.69) is 33.8 Å². The van der Waals surface area contributed by atoms with Gasteiger partial charge in [-0.25, -0.2) is 0 Å². The second-order valence-electron chi connectivity index (χ2n) is 12.7. The van der Waals surface area contributed by atoms with Crippen molar-refractivity contribution < 1.29 is 25.2 Å². The molecule has 0 aliphatic heterocycles. The van der Waals surface area contributed by atoms with E-state index < -0.39 is 35.1 Å². The zero-order valence-electron chi connectivity index (χ0n) is 21.2. The molecule has 0 amide bonds. The Bertz CT molecular complexity index is 776. The van der Waals surface area contributed by atoms with Gasteiger partial charge < -0.3 is 20.4 Å². The van der Waals surface area contributed by atoms with Crippen LogP contribution >= 0.6 is 0 Å². The van der Waals surface area contributed by atoms with Crippen LogP contribution in [0.25, 0.3) is 0 Å². The fourth-order valence-corrected chi connectivity index (χ4v) is 8.76. The normalized spacial score (nSPS) is 46.7. The van der Waals surface area contributed by atoms with Gasteiger partial charge in [0.1, 0.15) is 0 Å². The topological polar surface area (TPSA) is 98.0 Å². The summed E-state index contributed by atoms with van der Waals surface area (Å²) < 4.78 is 0. The first-order chi connectivity index (χ1) is 15.4. The van der Waals surface area contributed by atoms with Crippen molar-refractivity contribution >= 4 is 5.97 Å². The molecule has 5 nitrogen and oxygen atoms in total. The Labute approximate surface area is 199 Å². The summed E-state index contributed by atoms with van der Waals surface area (Å²) in [5.74, 6) is 0.883. The van der Waals surface area contributed by atoms with Crippen molar-refractivity contribution in [2.75, 3.05) is 0 Å². The molecule has 0 heterocycles. The maximum absolute atomic E-state index is 13.0. The SMILES string of the molecule is CC(C)C(C)CC[C@@H](C)[C@H]1CC[C@H]2[C@@H]3CC=C4C[C@@H](O)C[C@H](O)[C@]4(C)[C@H]3[C@H](O)C[C@]12C(=O)O. The number of hydrogen-bond donors (Lipinski definition) is 4. The smallest absolute Gasteiger partial charge is 0.310 e. The Morgan fingerprint density at radius 3 is 2.45 bits per heavy atom. The lowest BCUT2D eigenvalue weighted by Crippen LogP contribution is -2.62. The average molecular weight is 463 g/mol. The Hall–Kier alpha value is -0.910. The number of hydrogen-bond acceptors (Lipinski definition) is 4. The highest BCUT2D eigenvalue weighted by atomic mass is 16.4. The molecule has 0 bridgehead atoms. The van der Waals surface area contributed by atoms with Crippen molar-refractivity contribution in [2.24, 2.45) is 52.3 Å². The summed E-state index contributed by atoms with van der Waals surface area (Å²) >= 11 is 0. The number of carbonyl (C=O) groups is 1. The van der Waals surface area contributed by atoms with E-state index in [0.29, 0.717) is 37.0 Å². The second kappa shape index (κ2) is 8.95. The summed E-state index contributed by atoms with van der Waals surface area (Å²) in [6, 6.07) is 0. The Kier molecular flexibility index (Phi) is 6.83. The van der Waals surface area contributed by atoms with E-state index in [1.165, 1.54) is 0 Å². The zero-order chi connectivity index (χ0) is 24.3. The number of aliphatic carboxylic acids is 1. The molecule has 3 saturated carbocycles. The van der Waals surface area contributed by atoms with E-state index in [9.17, 15) is 25.2 Å². The minimum atomic E-state index is -0.873. The molecule has 0 radical (unpaired) electrons. The Morgan fingerprint density at radius 2 is 1.82 bits per heavy atom. The van der Waals surface area contributed by atoms with Gasteiger partial charge in [-0.15, -0.1) is 0 Å². The predicted molar refractivity (Wildman–Crippen MR) is 128 cm³/mol. The van der Waals surface area contributed by atoms with Crippen molar-refractivity contribution in [3.63, 3.8) is 0 Å². The number of aliphatic hydroxyl groups is 3. The van der Waals surface area contributed by atoms with Gasteiger partial charge in [0.2, 0.25) is 0 Å². The van der Waals surface area contributed by atoms with E-state index >= 15 is 0 Å². The van der Waals surface area contributed by atoms with Crippen molar-refractivity contribution in [1.29, 1.82) is 0 Å². The predicted octanol–water partition coefficient (Wildman–Crippen LogP) is 4.64. The third-order valence-corrected chi connectivity index (χ3v) is 11.0. The minimum absolute atomic E-state index is 0.0343. The van der Waals surface area contributed by atoms with Crippen LogP contribution in [-0.4, -0.2) is 44.7 Å². The first-order valence-electron chi connectivity index (χ1n) is 13.4. The number of allylic oxidation sites excluding steroid dienone is 1. The first-order valence-corrected chi connectivity index (χ1v) is 13.4. The lowest BCUT2D eigenvalue weighted by molar-refractivity contribution is -0.188. The highest BCUT2D eigenvalue weighted by Gasteiger charge is 2.68. The molecule has 33 heavy (non-hydrogen) atoms. The molecule has 11 atom stereocenters. The van der Waals surface area contributed by atoms with E-state index in [4.69, 9.17) is 0 Å². The summed E-state index contributed by atoms with van der Waals surface area (Å²) in [5.41, 5.74) is -0.396. The molecule has 4 N–H and O–H groups in total. The fourth-order valence-electron chi connectivity index (χ4n) is 8.76. The maximum Gasteiger partial charge on any atom is 0.310 e. The number of fused-ring (bicyclic) bond motifs is 5. The van der Waals surface area contributed by atoms with E-state index in [1.54, 1.807) is 0 Å². The van der Waals surface area contributed by atoms with Crippen LogP contribution in [0.15, 0.2) is 11.6 Å². The first kappa shape index (κ1) is 25.2. The van der Waals surface area contributed by atoms with Gasteiger partial charge in [-0.2, -0.15) is 0 Å². The van der Waals surface area contributed by atoms with Gasteiger partial charge in [0.15, 0.2) is 0 Å². The molecule has 4 rings (SSSR count). The molecule has 5 heteroatoms. The van der Waals surface area contributed by atoms with Crippen LogP contribution in [0.4, 0.5) is 0 Å². The van der Waals surface area contributed by atoms with Gasteiger partial charge in [0, 0.05) is 11.8 Å². The molecule has 3 fully saturated rings. The maximum atomic E-state index is 13.0. The largest absolute Gasteiger partial charge is 0.481 e. The molecule has 1 unspecified atom stereocenters. The third-order valence-electron chi connectivity index (χ3n) is 11.0. The van der Waals surface area contributed by atoms with Gasteiger partial charge in [-0.3, -0.25) is 4.79 Å². The summed E-state index contributed by atoms with van der Waals surface area (Å²) in [5, 5.41) is 43.6. The second-order valence-corrected chi connectivity index (χ2v) is 12.7. The highest BCUT2D eigenvalue weighted by Crippen LogP contribution is 2.67. The van der Waals surface area contributed by atoms with Gasteiger partial charge in [-0.1, -0.05) is 59.1 Å². The van der Waals surface area contributed by atoms with Crippen LogP contribution in [0.3, 0.4) is 0 Å². The summed E-state index contributed by atoms with van der Waals surface area (Å²) in [7, 11) is 0. The van der Waals surface area contributed by atoms with Crippen LogP contribution in [0, 0.1) is 52.3 Å². The fraction of sp³-hybridized carbons (Fsp3) is 0.893. The number of carboxylic acid groups (broad SMARTS) is 1. The summed E-state index contributed by atoms with van der Waals surface area (Å²) in [6.45, 7) is 11.1. The van der Waals surface area contributed by atoms with Crippen LogP contribution in [0.1, 0.15) is 86.0 Å². The molecule has 0 saturated heterocycles. The van der Waals surface area contributed by atoms with E-state index in [0.717, 1.165) is 37.7 Å². The van der Waals surface area contributed by atoms with Gasteiger partial charge in [0.05, 0.1) is 23.7 Å². The lowest BCUT2D eigenvalue weighted by Gasteiger charge is -2.60. The van der Waals surface area contributed by atoms with Crippen LogP contribution in [0.2, 0.25) is 0 Å². The Morgan fingerprint density at radius 1 is 1.12 bits per heavy atom. The number of aliphatic hydroxyl groups excluding tert-OH is 3. The van der Waals surface area contributed by atoms with Crippen molar-refractivity contribution in [1.82, 2.24) is 0 Å². The van der Waals surface area contributed by atoms with Gasteiger partial charge >= 0.3 is 5.97 Å². The number of carboxylic acids is 1. The molecule has 0 aromatic carbocycles. The molecule has 0 aromatic rings. The molecule has 4 aliphatic rings. The molecule has 0 spiro atoms. The Balaban J connectivity index is 1.64. The molecule has 4 aliphatic carbocycles.